The molecule has 0 unspecified atom stereocenters. The molecule has 0 aromatic heterocycles. The van der Waals surface area contributed by atoms with E-state index in [1.54, 1.807) is 6.07 Å². The van der Waals surface area contributed by atoms with Crippen molar-refractivity contribution in [2.24, 2.45) is 5.92 Å². The average molecular weight is 227 g/mol. The molecule has 0 radical (unpaired) electrons. The van der Waals surface area contributed by atoms with Crippen molar-refractivity contribution >= 4 is 29.1 Å². The first kappa shape index (κ1) is 10.1. The monoisotopic (exact) mass is 226 g/mol. The molecule has 0 atom stereocenters. The lowest BCUT2D eigenvalue weighted by Crippen LogP contribution is -2.27. The van der Waals surface area contributed by atoms with Crippen LogP contribution in [0.5, 0.6) is 0 Å². The molecule has 1 fully saturated rings. The summed E-state index contributed by atoms with van der Waals surface area (Å²) in [5, 5.41) is 0.581. The van der Waals surface area contributed by atoms with Crippen LogP contribution in [0.25, 0.3) is 0 Å². The SMILES string of the molecule is Cc1ccc(Cl)c(C(=O)C2CSC2)c1. The fourth-order valence-corrected chi connectivity index (χ4v) is 2.42. The van der Waals surface area contributed by atoms with Crippen LogP contribution in [0.15, 0.2) is 18.2 Å². The summed E-state index contributed by atoms with van der Waals surface area (Å²) < 4.78 is 0. The zero-order valence-corrected chi connectivity index (χ0v) is 9.49. The summed E-state index contributed by atoms with van der Waals surface area (Å²) in [6.07, 6.45) is 0. The van der Waals surface area contributed by atoms with Crippen LogP contribution in [0, 0.1) is 12.8 Å². The van der Waals surface area contributed by atoms with E-state index in [4.69, 9.17) is 11.6 Å². The first-order valence-electron chi connectivity index (χ1n) is 4.56. The highest BCUT2D eigenvalue weighted by Gasteiger charge is 2.28. The molecule has 0 amide bonds. The van der Waals surface area contributed by atoms with E-state index in [-0.39, 0.29) is 11.7 Å². The van der Waals surface area contributed by atoms with Crippen molar-refractivity contribution in [3.8, 4) is 0 Å². The largest absolute Gasteiger partial charge is 0.294 e. The first-order valence-corrected chi connectivity index (χ1v) is 6.10. The van der Waals surface area contributed by atoms with Gasteiger partial charge < -0.3 is 0 Å². The Kier molecular flexibility index (Phi) is 2.84. The van der Waals surface area contributed by atoms with E-state index >= 15 is 0 Å². The number of hydrogen-bond donors (Lipinski definition) is 0. The molecule has 14 heavy (non-hydrogen) atoms. The molecule has 1 aromatic rings. The fourth-order valence-electron chi connectivity index (χ4n) is 1.43. The van der Waals surface area contributed by atoms with Gasteiger partial charge in [0.15, 0.2) is 5.78 Å². The second-order valence-corrected chi connectivity index (χ2v) is 5.06. The van der Waals surface area contributed by atoms with Gasteiger partial charge in [0.25, 0.3) is 0 Å². The number of halogens is 1. The van der Waals surface area contributed by atoms with Crippen molar-refractivity contribution in [2.75, 3.05) is 11.5 Å². The van der Waals surface area contributed by atoms with Gasteiger partial charge in [0.1, 0.15) is 0 Å². The second kappa shape index (κ2) is 3.95. The standard InChI is InChI=1S/C11H11ClOS/c1-7-2-3-10(12)9(4-7)11(13)8-5-14-6-8/h2-4,8H,5-6H2,1H3. The molecule has 0 N–H and O–H groups in total. The number of benzene rings is 1. The Balaban J connectivity index is 2.29. The second-order valence-electron chi connectivity index (χ2n) is 3.58. The van der Waals surface area contributed by atoms with Crippen molar-refractivity contribution in [1.82, 2.24) is 0 Å². The zero-order chi connectivity index (χ0) is 10.1. The summed E-state index contributed by atoms with van der Waals surface area (Å²) in [5.74, 6) is 2.29. The highest BCUT2D eigenvalue weighted by molar-refractivity contribution is 8.00. The summed E-state index contributed by atoms with van der Waals surface area (Å²) in [7, 11) is 0. The molecular formula is C11H11ClOS. The Labute approximate surface area is 92.8 Å². The maximum atomic E-state index is 11.9. The van der Waals surface area contributed by atoms with Crippen LogP contribution in [-0.2, 0) is 0 Å². The quantitative estimate of drug-likeness (QED) is 0.721. The van der Waals surface area contributed by atoms with Gasteiger partial charge in [0, 0.05) is 23.0 Å². The third kappa shape index (κ3) is 1.82. The highest BCUT2D eigenvalue weighted by Crippen LogP contribution is 2.30. The van der Waals surface area contributed by atoms with Crippen molar-refractivity contribution in [3.05, 3.63) is 34.3 Å². The number of thioether (sulfide) groups is 1. The molecular weight excluding hydrogens is 216 g/mol. The van der Waals surface area contributed by atoms with E-state index in [0.29, 0.717) is 10.6 Å². The van der Waals surface area contributed by atoms with Gasteiger partial charge >= 0.3 is 0 Å². The maximum absolute atomic E-state index is 11.9. The van der Waals surface area contributed by atoms with Gasteiger partial charge in [-0.2, -0.15) is 11.8 Å². The molecule has 2 rings (SSSR count). The van der Waals surface area contributed by atoms with Gasteiger partial charge in [0.05, 0.1) is 5.02 Å². The summed E-state index contributed by atoms with van der Waals surface area (Å²) in [6, 6.07) is 5.61. The van der Waals surface area contributed by atoms with Crippen LogP contribution >= 0.6 is 23.4 Å². The summed E-state index contributed by atoms with van der Waals surface area (Å²) in [4.78, 5) is 11.9. The molecule has 1 nitrogen and oxygen atoms in total. The molecule has 74 valence electrons. The Bertz CT molecular complexity index is 372. The van der Waals surface area contributed by atoms with Gasteiger partial charge in [-0.3, -0.25) is 4.79 Å². The third-order valence-corrected chi connectivity index (χ3v) is 4.00. The van der Waals surface area contributed by atoms with E-state index in [9.17, 15) is 4.79 Å². The Morgan fingerprint density at radius 3 is 2.79 bits per heavy atom. The van der Waals surface area contributed by atoms with E-state index in [0.717, 1.165) is 17.1 Å². The van der Waals surface area contributed by atoms with E-state index in [1.165, 1.54) is 0 Å². The predicted octanol–water partition coefficient (Wildman–Crippen LogP) is 3.19. The number of Topliss-reactive ketones (excluding diaryl/α,β-unsaturated/α-hetero) is 1. The minimum atomic E-state index is 0.194. The lowest BCUT2D eigenvalue weighted by molar-refractivity contribution is 0.0939. The lowest BCUT2D eigenvalue weighted by Gasteiger charge is -2.23. The Morgan fingerprint density at radius 1 is 1.50 bits per heavy atom. The minimum Gasteiger partial charge on any atom is -0.294 e. The molecule has 0 bridgehead atoms. The van der Waals surface area contributed by atoms with Crippen molar-refractivity contribution < 1.29 is 4.79 Å². The molecule has 1 aromatic carbocycles. The Hall–Kier alpha value is -0.470. The summed E-state index contributed by atoms with van der Waals surface area (Å²) in [5.41, 5.74) is 1.78. The highest BCUT2D eigenvalue weighted by atomic mass is 35.5. The van der Waals surface area contributed by atoms with Crippen LogP contribution in [0.3, 0.4) is 0 Å². The molecule has 3 heteroatoms. The minimum absolute atomic E-state index is 0.194. The number of ketones is 1. The van der Waals surface area contributed by atoms with Gasteiger partial charge in [-0.15, -0.1) is 0 Å². The van der Waals surface area contributed by atoms with Gasteiger partial charge in [-0.25, -0.2) is 0 Å². The van der Waals surface area contributed by atoms with E-state index < -0.39 is 0 Å². The average Bonchev–Trinajstić information content (AvgIpc) is 2.06. The summed E-state index contributed by atoms with van der Waals surface area (Å²) >= 11 is 7.80. The van der Waals surface area contributed by atoms with Crippen molar-refractivity contribution in [2.45, 2.75) is 6.92 Å². The van der Waals surface area contributed by atoms with E-state index in [1.807, 2.05) is 30.8 Å². The maximum Gasteiger partial charge on any atom is 0.169 e. The molecule has 1 aliphatic rings. The number of rotatable bonds is 2. The topological polar surface area (TPSA) is 17.1 Å². The molecule has 0 aliphatic carbocycles. The fraction of sp³-hybridized carbons (Fsp3) is 0.364. The van der Waals surface area contributed by atoms with Crippen LogP contribution < -0.4 is 0 Å². The summed E-state index contributed by atoms with van der Waals surface area (Å²) in [6.45, 7) is 1.97. The van der Waals surface area contributed by atoms with Gasteiger partial charge in [-0.05, 0) is 19.1 Å². The van der Waals surface area contributed by atoms with Crippen LogP contribution in [-0.4, -0.2) is 17.3 Å². The number of carbonyl (C=O) groups excluding carboxylic acids is 1. The van der Waals surface area contributed by atoms with Gasteiger partial charge in [0.2, 0.25) is 0 Å². The van der Waals surface area contributed by atoms with Gasteiger partial charge in [-0.1, -0.05) is 23.2 Å². The lowest BCUT2D eigenvalue weighted by atomic mass is 9.99. The van der Waals surface area contributed by atoms with Crippen molar-refractivity contribution in [1.29, 1.82) is 0 Å². The van der Waals surface area contributed by atoms with Crippen LogP contribution in [0.4, 0.5) is 0 Å². The Morgan fingerprint density at radius 2 is 2.21 bits per heavy atom. The zero-order valence-electron chi connectivity index (χ0n) is 7.92. The number of aryl methyl sites for hydroxylation is 1. The van der Waals surface area contributed by atoms with Crippen LogP contribution in [0.2, 0.25) is 5.02 Å². The molecule has 1 saturated heterocycles. The smallest absolute Gasteiger partial charge is 0.169 e. The third-order valence-electron chi connectivity index (χ3n) is 2.40. The molecule has 0 spiro atoms. The van der Waals surface area contributed by atoms with Crippen LogP contribution in [0.1, 0.15) is 15.9 Å². The number of carbonyl (C=O) groups is 1. The molecule has 0 saturated carbocycles. The van der Waals surface area contributed by atoms with Crippen molar-refractivity contribution in [3.63, 3.8) is 0 Å². The normalized spacial score (nSPS) is 16.4. The van der Waals surface area contributed by atoms with E-state index in [2.05, 4.69) is 0 Å². The predicted molar refractivity (Wildman–Crippen MR) is 61.3 cm³/mol. The molecule has 1 heterocycles. The number of hydrogen-bond acceptors (Lipinski definition) is 2. The first-order chi connectivity index (χ1) is 6.68. The molecule has 1 aliphatic heterocycles.